The quantitative estimate of drug-likeness (QED) is 0.567. The molecule has 1 fully saturated rings. The second-order valence-electron chi connectivity index (χ2n) is 2.87. The van der Waals surface area contributed by atoms with E-state index in [0.717, 1.165) is 0 Å². The van der Waals surface area contributed by atoms with E-state index in [1.54, 1.807) is 0 Å². The van der Waals surface area contributed by atoms with Gasteiger partial charge in [0.1, 0.15) is 12.2 Å². The van der Waals surface area contributed by atoms with Gasteiger partial charge in [-0.15, -0.1) is 0 Å². The molecule has 1 aliphatic rings. The molecule has 4 nitrogen and oxygen atoms in total. The van der Waals surface area contributed by atoms with Gasteiger partial charge in [-0.2, -0.15) is 0 Å². The molecule has 0 saturated carbocycles. The molecule has 0 aromatic heterocycles. The summed E-state index contributed by atoms with van der Waals surface area (Å²) in [4.78, 5) is 0. The first kappa shape index (κ1) is 9.85. The summed E-state index contributed by atoms with van der Waals surface area (Å²) >= 11 is 0. The zero-order valence-corrected chi connectivity index (χ0v) is 6.98. The molecule has 0 amide bonds. The molecule has 1 rings (SSSR count). The highest BCUT2D eigenvalue weighted by atomic mass is 19.1. The molecule has 5 atom stereocenters. The molecule has 0 bridgehead atoms. The number of hydrogen-bond donors (Lipinski definition) is 2. The summed E-state index contributed by atoms with van der Waals surface area (Å²) < 4.78 is 22.6. The first-order chi connectivity index (χ1) is 5.57. The number of hydrogen-bond acceptors (Lipinski definition) is 4. The number of aliphatic hydroxyl groups excluding tert-OH is 2. The molecule has 1 saturated heterocycles. The Morgan fingerprint density at radius 3 is 2.42 bits per heavy atom. The van der Waals surface area contributed by atoms with Gasteiger partial charge >= 0.3 is 0 Å². The second kappa shape index (κ2) is 3.66. The molecule has 0 radical (unpaired) electrons. The van der Waals surface area contributed by atoms with Crippen LogP contribution in [0.2, 0.25) is 0 Å². The van der Waals surface area contributed by atoms with Gasteiger partial charge in [0.2, 0.25) is 0 Å². The number of methoxy groups -OCH3 is 1. The summed E-state index contributed by atoms with van der Waals surface area (Å²) in [5.41, 5.74) is 0. The van der Waals surface area contributed by atoms with Crippen LogP contribution in [-0.4, -0.2) is 48.1 Å². The van der Waals surface area contributed by atoms with E-state index in [4.69, 9.17) is 14.9 Å². The van der Waals surface area contributed by atoms with E-state index in [0.29, 0.717) is 0 Å². The van der Waals surface area contributed by atoms with Crippen molar-refractivity contribution in [2.24, 2.45) is 0 Å². The lowest BCUT2D eigenvalue weighted by atomic mass is 10.0. The minimum atomic E-state index is -1.71. The average molecular weight is 180 g/mol. The standard InChI is InChI=1S/C7H13FO4/c1-3-5(9)4(8)6(10)7(11-2)12-3/h3-7,9-10H,1-2H3/t3-,4+,5-,6-,7+/m1/s1. The Balaban J connectivity index is 2.63. The van der Waals surface area contributed by atoms with Crippen LogP contribution in [0.25, 0.3) is 0 Å². The third kappa shape index (κ3) is 1.59. The van der Waals surface area contributed by atoms with E-state index in [1.807, 2.05) is 0 Å². The van der Waals surface area contributed by atoms with Crippen molar-refractivity contribution in [1.29, 1.82) is 0 Å². The van der Waals surface area contributed by atoms with Crippen LogP contribution >= 0.6 is 0 Å². The highest BCUT2D eigenvalue weighted by molar-refractivity contribution is 4.87. The molecule has 0 aliphatic carbocycles. The highest BCUT2D eigenvalue weighted by Crippen LogP contribution is 2.23. The summed E-state index contributed by atoms with van der Waals surface area (Å²) in [6.45, 7) is 1.52. The summed E-state index contributed by atoms with van der Waals surface area (Å²) in [5, 5.41) is 18.3. The van der Waals surface area contributed by atoms with Crippen LogP contribution in [0.5, 0.6) is 0 Å². The lowest BCUT2D eigenvalue weighted by molar-refractivity contribution is -0.274. The smallest absolute Gasteiger partial charge is 0.186 e. The lowest BCUT2D eigenvalue weighted by Gasteiger charge is -2.37. The summed E-state index contributed by atoms with van der Waals surface area (Å²) in [6.07, 6.45) is -6.06. The topological polar surface area (TPSA) is 58.9 Å². The maximum Gasteiger partial charge on any atom is 0.186 e. The van der Waals surface area contributed by atoms with Crippen LogP contribution in [0.15, 0.2) is 0 Å². The van der Waals surface area contributed by atoms with Crippen LogP contribution in [0, 0.1) is 0 Å². The van der Waals surface area contributed by atoms with Crippen molar-refractivity contribution in [1.82, 2.24) is 0 Å². The fourth-order valence-electron chi connectivity index (χ4n) is 1.18. The van der Waals surface area contributed by atoms with Gasteiger partial charge in [0.05, 0.1) is 6.10 Å². The molecular weight excluding hydrogens is 167 g/mol. The van der Waals surface area contributed by atoms with E-state index in [-0.39, 0.29) is 0 Å². The Labute approximate surface area is 69.9 Å². The van der Waals surface area contributed by atoms with Crippen molar-refractivity contribution in [2.45, 2.75) is 37.7 Å². The van der Waals surface area contributed by atoms with Crippen molar-refractivity contribution in [3.63, 3.8) is 0 Å². The molecular formula is C7H13FO4. The van der Waals surface area contributed by atoms with E-state index in [1.165, 1.54) is 14.0 Å². The molecule has 12 heavy (non-hydrogen) atoms. The van der Waals surface area contributed by atoms with Gasteiger partial charge in [-0.1, -0.05) is 0 Å². The third-order valence-electron chi connectivity index (χ3n) is 1.99. The van der Waals surface area contributed by atoms with Gasteiger partial charge in [0.15, 0.2) is 12.5 Å². The number of rotatable bonds is 1. The highest BCUT2D eigenvalue weighted by Gasteiger charge is 2.43. The Kier molecular flexibility index (Phi) is 3.00. The first-order valence-corrected chi connectivity index (χ1v) is 3.76. The predicted octanol–water partition coefficient (Wildman–Crippen LogP) is -0.563. The van der Waals surface area contributed by atoms with Crippen molar-refractivity contribution in [3.8, 4) is 0 Å². The Hall–Kier alpha value is -0.230. The minimum absolute atomic E-state index is 0.659. The number of alkyl halides is 1. The first-order valence-electron chi connectivity index (χ1n) is 3.76. The lowest BCUT2D eigenvalue weighted by Crippen LogP contribution is -2.55. The van der Waals surface area contributed by atoms with Crippen LogP contribution in [0.1, 0.15) is 6.92 Å². The molecule has 1 aliphatic heterocycles. The fraction of sp³-hybridized carbons (Fsp3) is 1.00. The van der Waals surface area contributed by atoms with Crippen LogP contribution in [0.3, 0.4) is 0 Å². The predicted molar refractivity (Wildman–Crippen MR) is 38.3 cm³/mol. The minimum Gasteiger partial charge on any atom is -0.387 e. The van der Waals surface area contributed by atoms with Crippen molar-refractivity contribution < 1.29 is 24.1 Å². The number of halogens is 1. The maximum absolute atomic E-state index is 13.0. The fourth-order valence-corrected chi connectivity index (χ4v) is 1.18. The molecule has 0 spiro atoms. The maximum atomic E-state index is 13.0. The summed E-state index contributed by atoms with van der Waals surface area (Å²) in [6, 6.07) is 0. The number of ether oxygens (including phenoxy) is 2. The summed E-state index contributed by atoms with van der Waals surface area (Å²) in [7, 11) is 1.31. The Morgan fingerprint density at radius 1 is 1.33 bits per heavy atom. The zero-order valence-electron chi connectivity index (χ0n) is 6.98. The molecule has 1 heterocycles. The van der Waals surface area contributed by atoms with Gasteiger partial charge in [0, 0.05) is 7.11 Å². The van der Waals surface area contributed by atoms with Gasteiger partial charge in [-0.25, -0.2) is 4.39 Å². The number of aliphatic hydroxyl groups is 2. The third-order valence-corrected chi connectivity index (χ3v) is 1.99. The molecule has 2 N–H and O–H groups in total. The average Bonchev–Trinajstić information content (AvgIpc) is 2.08. The van der Waals surface area contributed by atoms with E-state index in [2.05, 4.69) is 4.74 Å². The second-order valence-corrected chi connectivity index (χ2v) is 2.87. The van der Waals surface area contributed by atoms with Crippen LogP contribution in [-0.2, 0) is 9.47 Å². The normalized spacial score (nSPS) is 49.2. The van der Waals surface area contributed by atoms with Gasteiger partial charge < -0.3 is 19.7 Å². The van der Waals surface area contributed by atoms with Gasteiger partial charge in [-0.3, -0.25) is 0 Å². The van der Waals surface area contributed by atoms with Crippen molar-refractivity contribution in [3.05, 3.63) is 0 Å². The van der Waals surface area contributed by atoms with Crippen molar-refractivity contribution in [2.75, 3.05) is 7.11 Å². The van der Waals surface area contributed by atoms with Crippen LogP contribution in [0.4, 0.5) is 4.39 Å². The Morgan fingerprint density at radius 2 is 1.92 bits per heavy atom. The molecule has 72 valence electrons. The molecule has 5 heteroatoms. The largest absolute Gasteiger partial charge is 0.387 e. The van der Waals surface area contributed by atoms with E-state index >= 15 is 0 Å². The summed E-state index contributed by atoms with van der Waals surface area (Å²) in [5.74, 6) is 0. The van der Waals surface area contributed by atoms with Gasteiger partial charge in [0.25, 0.3) is 0 Å². The van der Waals surface area contributed by atoms with Crippen molar-refractivity contribution >= 4 is 0 Å². The van der Waals surface area contributed by atoms with E-state index < -0.39 is 30.8 Å². The monoisotopic (exact) mass is 180 g/mol. The van der Waals surface area contributed by atoms with Gasteiger partial charge in [-0.05, 0) is 6.92 Å². The van der Waals surface area contributed by atoms with E-state index in [9.17, 15) is 4.39 Å². The zero-order chi connectivity index (χ0) is 9.30. The SMILES string of the molecule is CO[C@H]1O[C@H](C)[C@@H](O)[C@H](F)[C@H]1O. The molecule has 0 unspecified atom stereocenters. The van der Waals surface area contributed by atoms with Crippen LogP contribution < -0.4 is 0 Å². The molecule has 0 aromatic rings. The Bertz CT molecular complexity index is 150. The molecule has 0 aromatic carbocycles.